The monoisotopic (exact) mass is 1330 g/mol. The number of carbonyl (C=O) groups is 6. The second kappa shape index (κ2) is 31.2. The van der Waals surface area contributed by atoms with Crippen LogP contribution >= 0.6 is 11.6 Å². The van der Waals surface area contributed by atoms with E-state index in [1.807, 2.05) is 0 Å². The standard InChI is InChI=1S/C19H15ClF3NO7.C15H18N6O6S.C14H10F4N4O7S/c1-3-29-17(25)10(2)30-18(26)13-9-12(5-6-15(13)24(27)28)31-16-7-4-11(8-14(16)20)19(21,22)23;1-21(2)13(22)9-6-5-7-16-12(9)28(24,25)20-15(23)19-14-17-10(26-3)8-11(18-14)27-4;15-11(16)28-8-5-9(29-12(17)18)20-13(19-8)21-14(25)22-30(26,27)7-4-2-1-3-6(7)10(23)24/h4-10H,3H2,1-2H3;5-8H,1-4H3,(H2,17,18,19,20,23);1-5,11-12H,(H,23,24)(H2,19,20,21,22,25). The number of nitrogens with zero attached hydrogens (tertiary/aromatic N) is 7. The zero-order chi connectivity index (χ0) is 66.7. The molecule has 41 heteroatoms. The van der Waals surface area contributed by atoms with Gasteiger partial charge < -0.3 is 43.2 Å². The van der Waals surface area contributed by atoms with Crippen LogP contribution in [0.1, 0.15) is 50.5 Å². The number of urea groups is 2. The van der Waals surface area contributed by atoms with E-state index in [1.165, 1.54) is 81.4 Å². The molecule has 31 nitrogen and oxygen atoms in total. The van der Waals surface area contributed by atoms with Crippen LogP contribution < -0.4 is 43.8 Å². The molecule has 6 rings (SSSR count). The number of alkyl halides is 7. The van der Waals surface area contributed by atoms with Gasteiger partial charge in [-0.2, -0.15) is 59.1 Å². The Kier molecular flexibility index (Phi) is 24.9. The summed E-state index contributed by atoms with van der Waals surface area (Å²) in [5.41, 5.74) is -3.00. The van der Waals surface area contributed by atoms with Gasteiger partial charge in [0.05, 0.1) is 59.6 Å². The average molecular weight is 1330 g/mol. The quantitative estimate of drug-likeness (QED) is 0.0206. The molecule has 0 aliphatic rings. The number of hydrogen-bond acceptors (Lipinski definition) is 24. The summed E-state index contributed by atoms with van der Waals surface area (Å²) in [5, 5.41) is 23.2. The van der Waals surface area contributed by atoms with Crippen LogP contribution in [0.5, 0.6) is 35.0 Å². The second-order valence-corrected chi connectivity index (χ2v) is 20.0. The first-order valence-electron chi connectivity index (χ1n) is 23.7. The number of benzene rings is 3. The van der Waals surface area contributed by atoms with E-state index in [1.54, 1.807) is 17.0 Å². The summed E-state index contributed by atoms with van der Waals surface area (Å²) < 4.78 is 173. The van der Waals surface area contributed by atoms with E-state index >= 15 is 0 Å². The van der Waals surface area contributed by atoms with Crippen LogP contribution in [-0.4, -0.2) is 147 Å². The fourth-order valence-electron chi connectivity index (χ4n) is 6.24. The zero-order valence-electron chi connectivity index (χ0n) is 45.8. The highest BCUT2D eigenvalue weighted by atomic mass is 35.5. The van der Waals surface area contributed by atoms with Crippen LogP contribution in [0.15, 0.2) is 101 Å². The first-order valence-corrected chi connectivity index (χ1v) is 27.1. The smallest absolute Gasteiger partial charge is 0.416 e. The van der Waals surface area contributed by atoms with Crippen LogP contribution in [0.25, 0.3) is 0 Å². The molecule has 0 bridgehead atoms. The van der Waals surface area contributed by atoms with Gasteiger partial charge in [-0.3, -0.25) is 25.5 Å². The normalized spacial score (nSPS) is 11.4. The summed E-state index contributed by atoms with van der Waals surface area (Å²) in [5.74, 6) is -7.47. The first kappa shape index (κ1) is 71.0. The number of methoxy groups -OCH3 is 2. The van der Waals surface area contributed by atoms with Gasteiger partial charge in [-0.05, 0) is 62.4 Å². The molecule has 0 fully saturated rings. The first-order chi connectivity index (χ1) is 41.6. The van der Waals surface area contributed by atoms with Crippen LogP contribution in [0.4, 0.5) is 57.9 Å². The third kappa shape index (κ3) is 21.2. The van der Waals surface area contributed by atoms with Crippen molar-refractivity contribution in [1.29, 1.82) is 0 Å². The third-order valence-electron chi connectivity index (χ3n) is 9.94. The van der Waals surface area contributed by atoms with Crippen molar-refractivity contribution < 1.29 is 120 Å². The van der Waals surface area contributed by atoms with Gasteiger partial charge in [-0.25, -0.2) is 46.8 Å². The second-order valence-electron chi connectivity index (χ2n) is 16.4. The number of amides is 5. The molecule has 5 N–H and O–H groups in total. The predicted molar refractivity (Wildman–Crippen MR) is 286 cm³/mol. The topological polar surface area (TPSA) is 414 Å². The predicted octanol–water partition coefficient (Wildman–Crippen LogP) is 7.16. The van der Waals surface area contributed by atoms with Gasteiger partial charge in [-0.15, -0.1) is 0 Å². The van der Waals surface area contributed by atoms with Crippen molar-refractivity contribution >= 4 is 85.1 Å². The molecule has 478 valence electrons. The summed E-state index contributed by atoms with van der Waals surface area (Å²) in [6.07, 6.45) is -4.75. The van der Waals surface area contributed by atoms with Crippen molar-refractivity contribution in [2.45, 2.75) is 49.3 Å². The minimum absolute atomic E-state index is 0.0398. The fraction of sp³-hybridized carbons (Fsp3) is 0.229. The summed E-state index contributed by atoms with van der Waals surface area (Å²) in [6.45, 7) is -4.00. The number of aromatic carboxylic acids is 1. The van der Waals surface area contributed by atoms with E-state index in [0.29, 0.717) is 12.1 Å². The number of hydrogen-bond donors (Lipinski definition) is 5. The molecule has 1 atom stereocenters. The SMILES string of the molecule is CCOC(=O)C(C)OC(=O)c1cc(Oc2ccc(C(F)(F)F)cc2Cl)ccc1[N+](=O)[O-].COc1cc(OC)nc(NC(=O)NS(=O)(=O)c2ncccc2C(=O)N(C)C)n1.O=C(Nc1nc(OC(F)F)cc(OC(F)F)n1)NS(=O)(=O)c1ccccc1C(=O)O. The molecule has 3 aromatic heterocycles. The van der Waals surface area contributed by atoms with Crippen molar-refractivity contribution in [2.75, 3.05) is 45.6 Å². The van der Waals surface area contributed by atoms with E-state index in [4.69, 9.17) is 40.4 Å². The van der Waals surface area contributed by atoms with E-state index in [0.717, 1.165) is 42.5 Å². The van der Waals surface area contributed by atoms with Gasteiger partial charge in [0.2, 0.25) is 35.4 Å². The highest BCUT2D eigenvalue weighted by Crippen LogP contribution is 2.37. The largest absolute Gasteiger partial charge is 0.481 e. The number of aromatic nitrogens is 5. The molecular weight excluding hydrogens is 1280 g/mol. The number of anilines is 2. The van der Waals surface area contributed by atoms with Crippen LogP contribution in [0.3, 0.4) is 0 Å². The Morgan fingerprint density at radius 3 is 1.75 bits per heavy atom. The Morgan fingerprint density at radius 1 is 0.730 bits per heavy atom. The number of carbonyl (C=O) groups excluding carboxylic acids is 5. The number of nitro groups is 1. The molecule has 0 aliphatic carbocycles. The van der Waals surface area contributed by atoms with Gasteiger partial charge in [0, 0.05) is 32.4 Å². The lowest BCUT2D eigenvalue weighted by atomic mass is 10.1. The molecule has 3 aromatic carbocycles. The number of carboxylic acids is 1. The van der Waals surface area contributed by atoms with Crippen molar-refractivity contribution in [1.82, 2.24) is 39.3 Å². The van der Waals surface area contributed by atoms with Crippen LogP contribution in [0, 0.1) is 10.1 Å². The number of carboxylic acid groups (broad SMARTS) is 1. The number of rotatable bonds is 21. The fourth-order valence-corrected chi connectivity index (χ4v) is 8.60. The van der Waals surface area contributed by atoms with Gasteiger partial charge >= 0.3 is 49.4 Å². The van der Waals surface area contributed by atoms with Crippen LogP contribution in [0.2, 0.25) is 5.02 Å². The summed E-state index contributed by atoms with van der Waals surface area (Å²) in [7, 11) is -3.56. The zero-order valence-corrected chi connectivity index (χ0v) is 48.2. The van der Waals surface area contributed by atoms with Gasteiger partial charge in [0.1, 0.15) is 22.0 Å². The summed E-state index contributed by atoms with van der Waals surface area (Å²) in [6, 6.07) is 11.5. The lowest BCUT2D eigenvalue weighted by Gasteiger charge is -2.14. The molecule has 0 spiro atoms. The Morgan fingerprint density at radius 2 is 1.26 bits per heavy atom. The molecule has 0 radical (unpaired) electrons. The maximum absolute atomic E-state index is 12.8. The third-order valence-corrected chi connectivity index (χ3v) is 12.9. The minimum Gasteiger partial charge on any atom is -0.481 e. The molecule has 0 aliphatic heterocycles. The molecule has 6 aromatic rings. The highest BCUT2D eigenvalue weighted by Gasteiger charge is 2.33. The van der Waals surface area contributed by atoms with Crippen molar-refractivity contribution in [3.05, 3.63) is 129 Å². The number of sulfonamides is 2. The molecular formula is C48H43ClF7N11O20S2. The van der Waals surface area contributed by atoms with E-state index in [-0.39, 0.29) is 46.4 Å². The van der Waals surface area contributed by atoms with Crippen LogP contribution in [-0.2, 0) is 40.5 Å². The number of nitro benzene ring substituents is 1. The van der Waals surface area contributed by atoms with E-state index in [2.05, 4.69) is 39.7 Å². The molecule has 89 heavy (non-hydrogen) atoms. The minimum atomic E-state index is -4.71. The number of pyridine rings is 1. The Balaban J connectivity index is 0.000000286. The lowest BCUT2D eigenvalue weighted by molar-refractivity contribution is -0.385. The molecule has 5 amide bonds. The number of ether oxygens (including phenoxy) is 7. The molecule has 1 unspecified atom stereocenters. The van der Waals surface area contributed by atoms with Gasteiger partial charge in [-0.1, -0.05) is 23.7 Å². The van der Waals surface area contributed by atoms with Gasteiger partial charge in [0.15, 0.2) is 11.1 Å². The Bertz CT molecular complexity index is 3790. The van der Waals surface area contributed by atoms with Gasteiger partial charge in [0.25, 0.3) is 31.6 Å². The molecule has 0 saturated heterocycles. The maximum Gasteiger partial charge on any atom is 0.416 e. The van der Waals surface area contributed by atoms with Crippen molar-refractivity contribution in [2.24, 2.45) is 0 Å². The number of halogens is 8. The molecule has 0 saturated carbocycles. The number of nitrogens with one attached hydrogen (secondary N) is 4. The Labute approximate surface area is 500 Å². The Hall–Kier alpha value is -10.5. The summed E-state index contributed by atoms with van der Waals surface area (Å²) >= 11 is 5.83. The summed E-state index contributed by atoms with van der Waals surface area (Å²) in [4.78, 5) is 100. The average Bonchev–Trinajstić information content (AvgIpc) is 1.27. The van der Waals surface area contributed by atoms with Crippen molar-refractivity contribution in [3.8, 4) is 35.0 Å². The number of esters is 2. The lowest BCUT2D eigenvalue weighted by Crippen LogP contribution is -2.36. The maximum atomic E-state index is 12.8. The molecule has 3 heterocycles. The van der Waals surface area contributed by atoms with E-state index < -0.39 is 136 Å². The van der Waals surface area contributed by atoms with E-state index in [9.17, 15) is 86.5 Å². The van der Waals surface area contributed by atoms with Crippen molar-refractivity contribution in [3.63, 3.8) is 0 Å². The highest BCUT2D eigenvalue weighted by molar-refractivity contribution is 7.90.